The molecule has 0 N–H and O–H groups in total. The van der Waals surface area contributed by atoms with Gasteiger partial charge >= 0.3 is 0 Å². The number of thiophene rings is 1. The van der Waals surface area contributed by atoms with Crippen molar-refractivity contribution in [3.8, 4) is 0 Å². The molecule has 1 aliphatic rings. The number of rotatable bonds is 2. The first-order valence-corrected chi connectivity index (χ1v) is 8.57. The van der Waals surface area contributed by atoms with Gasteiger partial charge in [-0.15, -0.1) is 11.3 Å². The van der Waals surface area contributed by atoms with E-state index in [4.69, 9.17) is 0 Å². The molecule has 0 radical (unpaired) electrons. The third kappa shape index (κ3) is 2.60. The summed E-state index contributed by atoms with van der Waals surface area (Å²) in [4.78, 5) is 12.0. The van der Waals surface area contributed by atoms with Crippen molar-refractivity contribution in [3.63, 3.8) is 0 Å². The molecule has 2 aromatic rings. The van der Waals surface area contributed by atoms with Gasteiger partial charge in [-0.25, -0.2) is 9.97 Å². The van der Waals surface area contributed by atoms with Gasteiger partial charge in [-0.1, -0.05) is 20.8 Å². The molecule has 1 fully saturated rings. The smallest absolute Gasteiger partial charge is 0.127 e. The Morgan fingerprint density at radius 2 is 1.95 bits per heavy atom. The van der Waals surface area contributed by atoms with Crippen LogP contribution in [0.4, 0.5) is 0 Å². The zero-order chi connectivity index (χ0) is 14.3. The lowest BCUT2D eigenvalue weighted by Crippen LogP contribution is -2.19. The number of hydrogen-bond donors (Lipinski definition) is 0. The van der Waals surface area contributed by atoms with Gasteiger partial charge in [0.1, 0.15) is 10.7 Å². The van der Waals surface area contributed by atoms with Gasteiger partial charge in [-0.05, 0) is 56.4 Å². The van der Waals surface area contributed by atoms with Crippen molar-refractivity contribution in [3.05, 3.63) is 22.5 Å². The van der Waals surface area contributed by atoms with E-state index in [1.807, 2.05) is 18.3 Å². The van der Waals surface area contributed by atoms with Crippen LogP contribution in [0.2, 0.25) is 0 Å². The molecule has 2 nitrogen and oxygen atoms in total. The van der Waals surface area contributed by atoms with E-state index in [-0.39, 0.29) is 0 Å². The van der Waals surface area contributed by atoms with Crippen LogP contribution in [-0.2, 0) is 6.42 Å². The molecule has 0 saturated heterocycles. The fraction of sp³-hybridized carbons (Fsp3) is 0.647. The largest absolute Gasteiger partial charge is 0.238 e. The number of nitrogens with zero attached hydrogens (tertiary/aromatic N) is 2. The van der Waals surface area contributed by atoms with E-state index < -0.39 is 0 Å². The van der Waals surface area contributed by atoms with Crippen molar-refractivity contribution in [1.82, 2.24) is 9.97 Å². The molecule has 2 heterocycles. The van der Waals surface area contributed by atoms with E-state index >= 15 is 0 Å². The SMILES string of the molecule is CCc1nc(C)nc2sc(C3CCC(C)(C)CC3)cc12. The van der Waals surface area contributed by atoms with E-state index in [0.29, 0.717) is 5.41 Å². The van der Waals surface area contributed by atoms with Crippen LogP contribution < -0.4 is 0 Å². The van der Waals surface area contributed by atoms with Crippen LogP contribution >= 0.6 is 11.3 Å². The van der Waals surface area contributed by atoms with E-state index in [0.717, 1.165) is 18.2 Å². The minimum absolute atomic E-state index is 0.540. The highest BCUT2D eigenvalue weighted by Gasteiger charge is 2.28. The second kappa shape index (κ2) is 5.10. The summed E-state index contributed by atoms with van der Waals surface area (Å²) < 4.78 is 0. The van der Waals surface area contributed by atoms with E-state index in [2.05, 4.69) is 36.8 Å². The van der Waals surface area contributed by atoms with Crippen LogP contribution in [0.1, 0.15) is 68.8 Å². The maximum absolute atomic E-state index is 4.64. The summed E-state index contributed by atoms with van der Waals surface area (Å²) in [5.41, 5.74) is 1.75. The molecule has 0 aliphatic heterocycles. The Labute approximate surface area is 125 Å². The van der Waals surface area contributed by atoms with Gasteiger partial charge in [0.2, 0.25) is 0 Å². The molecule has 3 heteroatoms. The minimum Gasteiger partial charge on any atom is -0.238 e. The molecule has 2 aromatic heterocycles. The van der Waals surface area contributed by atoms with Crippen LogP contribution in [0.15, 0.2) is 6.07 Å². The summed E-state index contributed by atoms with van der Waals surface area (Å²) in [6, 6.07) is 2.38. The van der Waals surface area contributed by atoms with Gasteiger partial charge < -0.3 is 0 Å². The lowest BCUT2D eigenvalue weighted by Gasteiger charge is -2.33. The molecular formula is C17H24N2S. The standard InChI is InChI=1S/C17H24N2S/c1-5-14-13-10-15(20-16(13)19-11(2)18-14)12-6-8-17(3,4)9-7-12/h10,12H,5-9H2,1-4H3. The zero-order valence-electron chi connectivity index (χ0n) is 13.0. The first-order valence-electron chi connectivity index (χ1n) is 7.75. The molecule has 108 valence electrons. The van der Waals surface area contributed by atoms with Crippen LogP contribution in [0.5, 0.6) is 0 Å². The Morgan fingerprint density at radius 1 is 1.25 bits per heavy atom. The summed E-state index contributed by atoms with van der Waals surface area (Å²) in [6.07, 6.45) is 6.34. The van der Waals surface area contributed by atoms with E-state index in [9.17, 15) is 0 Å². The molecule has 1 saturated carbocycles. The van der Waals surface area contributed by atoms with Crippen molar-refractivity contribution < 1.29 is 0 Å². The van der Waals surface area contributed by atoms with Gasteiger partial charge in [0.15, 0.2) is 0 Å². The van der Waals surface area contributed by atoms with Gasteiger partial charge in [0.25, 0.3) is 0 Å². The highest BCUT2D eigenvalue weighted by molar-refractivity contribution is 7.18. The number of aromatic nitrogens is 2. The summed E-state index contributed by atoms with van der Waals surface area (Å²) in [7, 11) is 0. The molecular weight excluding hydrogens is 264 g/mol. The summed E-state index contributed by atoms with van der Waals surface area (Å²) >= 11 is 1.90. The highest BCUT2D eigenvalue weighted by Crippen LogP contribution is 2.45. The predicted octanol–water partition coefficient (Wildman–Crippen LogP) is 5.25. The van der Waals surface area contributed by atoms with E-state index in [1.54, 1.807) is 0 Å². The fourth-order valence-electron chi connectivity index (χ4n) is 3.27. The molecule has 0 amide bonds. The molecule has 0 unspecified atom stereocenters. The average Bonchev–Trinajstić information content (AvgIpc) is 2.81. The van der Waals surface area contributed by atoms with Gasteiger partial charge in [-0.2, -0.15) is 0 Å². The van der Waals surface area contributed by atoms with Gasteiger partial charge in [-0.3, -0.25) is 0 Å². The topological polar surface area (TPSA) is 25.8 Å². The normalized spacial score (nSPS) is 19.6. The molecule has 3 rings (SSSR count). The zero-order valence-corrected chi connectivity index (χ0v) is 13.8. The Balaban J connectivity index is 1.94. The first-order chi connectivity index (χ1) is 9.48. The van der Waals surface area contributed by atoms with Crippen LogP contribution in [0.25, 0.3) is 10.2 Å². The first kappa shape index (κ1) is 14.0. The average molecular weight is 288 g/mol. The summed E-state index contributed by atoms with van der Waals surface area (Å²) in [6.45, 7) is 8.99. The highest BCUT2D eigenvalue weighted by atomic mass is 32.1. The molecule has 0 bridgehead atoms. The monoisotopic (exact) mass is 288 g/mol. The molecule has 0 atom stereocenters. The Bertz CT molecular complexity index is 617. The lowest BCUT2D eigenvalue weighted by atomic mass is 9.73. The number of fused-ring (bicyclic) bond motifs is 1. The summed E-state index contributed by atoms with van der Waals surface area (Å²) in [5.74, 6) is 1.65. The molecule has 1 aliphatic carbocycles. The van der Waals surface area contributed by atoms with Crippen LogP contribution in [-0.4, -0.2) is 9.97 Å². The van der Waals surface area contributed by atoms with Crippen molar-refractivity contribution in [2.24, 2.45) is 5.41 Å². The van der Waals surface area contributed by atoms with Gasteiger partial charge in [0.05, 0.1) is 5.69 Å². The van der Waals surface area contributed by atoms with Crippen molar-refractivity contribution in [2.45, 2.75) is 65.7 Å². The van der Waals surface area contributed by atoms with Crippen LogP contribution in [0, 0.1) is 12.3 Å². The molecule has 20 heavy (non-hydrogen) atoms. The third-order valence-corrected chi connectivity index (χ3v) is 5.87. The second-order valence-electron chi connectivity index (χ2n) is 6.88. The Kier molecular flexibility index (Phi) is 3.57. The maximum atomic E-state index is 4.64. The lowest BCUT2D eigenvalue weighted by molar-refractivity contribution is 0.226. The van der Waals surface area contributed by atoms with Crippen molar-refractivity contribution in [1.29, 1.82) is 0 Å². The molecule has 0 aromatic carbocycles. The fourth-order valence-corrected chi connectivity index (χ4v) is 4.54. The third-order valence-electron chi connectivity index (χ3n) is 4.68. The maximum Gasteiger partial charge on any atom is 0.127 e. The van der Waals surface area contributed by atoms with Gasteiger partial charge in [0, 0.05) is 10.3 Å². The number of aryl methyl sites for hydroxylation is 2. The number of hydrogen-bond acceptors (Lipinski definition) is 3. The minimum atomic E-state index is 0.540. The Hall–Kier alpha value is -0.960. The quantitative estimate of drug-likeness (QED) is 0.754. The van der Waals surface area contributed by atoms with Crippen LogP contribution in [0.3, 0.4) is 0 Å². The van der Waals surface area contributed by atoms with Crippen molar-refractivity contribution >= 4 is 21.6 Å². The molecule has 0 spiro atoms. The predicted molar refractivity (Wildman–Crippen MR) is 86.5 cm³/mol. The Morgan fingerprint density at radius 3 is 2.60 bits per heavy atom. The van der Waals surface area contributed by atoms with Crippen molar-refractivity contribution in [2.75, 3.05) is 0 Å². The second-order valence-corrected chi connectivity index (χ2v) is 7.94. The summed E-state index contributed by atoms with van der Waals surface area (Å²) in [5, 5.41) is 1.29. The van der Waals surface area contributed by atoms with E-state index in [1.165, 1.54) is 46.5 Å².